The summed E-state index contributed by atoms with van der Waals surface area (Å²) in [5.41, 5.74) is 0. The minimum Gasteiger partial charge on any atom is -0.462 e. The highest BCUT2D eigenvalue weighted by atomic mass is 16.6. The predicted octanol–water partition coefficient (Wildman–Crippen LogP) is 19.3. The van der Waals surface area contributed by atoms with Crippen LogP contribution >= 0.6 is 0 Å². The van der Waals surface area contributed by atoms with Gasteiger partial charge in [0, 0.05) is 19.3 Å². The molecule has 0 amide bonds. The van der Waals surface area contributed by atoms with E-state index in [0.717, 1.165) is 77.0 Å². The maximum Gasteiger partial charge on any atom is 0.306 e. The molecule has 0 radical (unpaired) electrons. The fraction of sp³-hybridized carbons (Fsp3) is 0.850. The van der Waals surface area contributed by atoms with Crippen molar-refractivity contribution in [3.05, 3.63) is 36.5 Å². The van der Waals surface area contributed by atoms with Gasteiger partial charge in [0.05, 0.1) is 0 Å². The number of ether oxygens (including phenoxy) is 3. The lowest BCUT2D eigenvalue weighted by atomic mass is 10.0. The SMILES string of the molecule is CC/C=C\C/C=C\CCCCCCCCCC(=O)OCC(COC(=O)CCCCCCCCCCCCCCCCCCCCC)OC(=O)CCCCCCCCC/C=C\CCCCCC. The largest absolute Gasteiger partial charge is 0.462 e. The van der Waals surface area contributed by atoms with Crippen LogP contribution in [0.25, 0.3) is 0 Å². The summed E-state index contributed by atoms with van der Waals surface area (Å²) in [6.45, 7) is 6.56. The van der Waals surface area contributed by atoms with E-state index in [1.807, 2.05) is 0 Å². The van der Waals surface area contributed by atoms with E-state index in [0.29, 0.717) is 19.3 Å². The molecule has 6 heteroatoms. The molecule has 0 bridgehead atoms. The Kier molecular flexibility index (Phi) is 53.2. The Morgan fingerprint density at radius 3 is 0.939 bits per heavy atom. The van der Waals surface area contributed by atoms with E-state index in [9.17, 15) is 14.4 Å². The Balaban J connectivity index is 4.32. The van der Waals surface area contributed by atoms with Gasteiger partial charge in [0.15, 0.2) is 6.10 Å². The van der Waals surface area contributed by atoms with Crippen molar-refractivity contribution in [3.63, 3.8) is 0 Å². The van der Waals surface area contributed by atoms with Gasteiger partial charge in [-0.3, -0.25) is 14.4 Å². The fourth-order valence-corrected chi connectivity index (χ4v) is 8.54. The highest BCUT2D eigenvalue weighted by molar-refractivity contribution is 5.71. The Bertz CT molecular complexity index is 1110. The van der Waals surface area contributed by atoms with Crippen LogP contribution in [0.1, 0.15) is 310 Å². The second kappa shape index (κ2) is 55.2. The van der Waals surface area contributed by atoms with E-state index in [1.54, 1.807) is 0 Å². The molecular weight excluding hydrogens is 817 g/mol. The lowest BCUT2D eigenvalue weighted by molar-refractivity contribution is -0.167. The van der Waals surface area contributed by atoms with E-state index >= 15 is 0 Å². The number of rotatable bonds is 53. The number of hydrogen-bond donors (Lipinski definition) is 0. The first kappa shape index (κ1) is 63.6. The van der Waals surface area contributed by atoms with E-state index in [-0.39, 0.29) is 31.1 Å². The summed E-state index contributed by atoms with van der Waals surface area (Å²) in [7, 11) is 0. The van der Waals surface area contributed by atoms with Gasteiger partial charge in [0.1, 0.15) is 13.2 Å². The molecule has 0 saturated carbocycles. The van der Waals surface area contributed by atoms with Crippen LogP contribution in [0.2, 0.25) is 0 Å². The maximum absolute atomic E-state index is 12.8. The van der Waals surface area contributed by atoms with Crippen molar-refractivity contribution in [2.45, 2.75) is 316 Å². The number of hydrogen-bond acceptors (Lipinski definition) is 6. The fourth-order valence-electron chi connectivity index (χ4n) is 8.54. The van der Waals surface area contributed by atoms with Gasteiger partial charge < -0.3 is 14.2 Å². The smallest absolute Gasteiger partial charge is 0.306 e. The number of carbonyl (C=O) groups excluding carboxylic acids is 3. The Hall–Kier alpha value is -2.37. The molecule has 0 spiro atoms. The molecule has 0 aliphatic rings. The topological polar surface area (TPSA) is 78.9 Å². The summed E-state index contributed by atoms with van der Waals surface area (Å²) in [4.78, 5) is 38.1. The Morgan fingerprint density at radius 2 is 0.591 bits per heavy atom. The Morgan fingerprint density at radius 1 is 0.318 bits per heavy atom. The molecule has 0 saturated heterocycles. The van der Waals surface area contributed by atoms with Crippen molar-refractivity contribution in [2.75, 3.05) is 13.2 Å². The van der Waals surface area contributed by atoms with Crippen LogP contribution < -0.4 is 0 Å². The third-order valence-corrected chi connectivity index (χ3v) is 12.9. The molecule has 0 aromatic carbocycles. The van der Waals surface area contributed by atoms with Gasteiger partial charge in [0.25, 0.3) is 0 Å². The normalized spacial score (nSPS) is 12.2. The lowest BCUT2D eigenvalue weighted by Gasteiger charge is -2.18. The first-order chi connectivity index (χ1) is 32.5. The zero-order chi connectivity index (χ0) is 47.9. The summed E-state index contributed by atoms with van der Waals surface area (Å²) in [5.74, 6) is -0.868. The van der Waals surface area contributed by atoms with Crippen molar-refractivity contribution < 1.29 is 28.6 Å². The third kappa shape index (κ3) is 52.6. The van der Waals surface area contributed by atoms with Gasteiger partial charge in [-0.15, -0.1) is 0 Å². The number of esters is 3. The van der Waals surface area contributed by atoms with Crippen molar-refractivity contribution in [1.29, 1.82) is 0 Å². The van der Waals surface area contributed by atoms with E-state index in [2.05, 4.69) is 57.2 Å². The van der Waals surface area contributed by atoms with E-state index in [1.165, 1.54) is 193 Å². The molecule has 1 atom stereocenters. The van der Waals surface area contributed by atoms with E-state index < -0.39 is 6.10 Å². The number of unbranched alkanes of at least 4 members (excludes halogenated alkanes) is 36. The molecular formula is C60H110O6. The van der Waals surface area contributed by atoms with Gasteiger partial charge in [-0.05, 0) is 70.6 Å². The Labute approximate surface area is 410 Å². The van der Waals surface area contributed by atoms with Crippen molar-refractivity contribution >= 4 is 17.9 Å². The van der Waals surface area contributed by atoms with Crippen molar-refractivity contribution in [1.82, 2.24) is 0 Å². The van der Waals surface area contributed by atoms with Crippen LogP contribution in [0.5, 0.6) is 0 Å². The highest BCUT2D eigenvalue weighted by Crippen LogP contribution is 2.17. The predicted molar refractivity (Wildman–Crippen MR) is 284 cm³/mol. The van der Waals surface area contributed by atoms with Gasteiger partial charge in [-0.2, -0.15) is 0 Å². The zero-order valence-electron chi connectivity index (χ0n) is 44.2. The number of carbonyl (C=O) groups is 3. The third-order valence-electron chi connectivity index (χ3n) is 12.9. The molecule has 0 aliphatic carbocycles. The van der Waals surface area contributed by atoms with Crippen LogP contribution in [-0.4, -0.2) is 37.2 Å². The molecule has 1 unspecified atom stereocenters. The molecule has 0 aromatic heterocycles. The summed E-state index contributed by atoms with van der Waals surface area (Å²) >= 11 is 0. The van der Waals surface area contributed by atoms with Crippen LogP contribution in [0.15, 0.2) is 36.5 Å². The number of allylic oxidation sites excluding steroid dienone is 6. The standard InChI is InChI=1S/C60H110O6/c1-4-7-10-13-16-19-22-25-28-29-30-31-33-35-38-41-44-47-50-53-59(62)65-56-57(55-64-58(61)52-49-46-43-40-37-34-27-24-21-18-15-12-9-6-3)66-60(63)54-51-48-45-42-39-36-32-26-23-20-17-14-11-8-5-2/h9,12,18,20-21,23,57H,4-8,10-11,13-17,19,22,24-56H2,1-3H3/b12-9-,21-18-,23-20-. The highest BCUT2D eigenvalue weighted by Gasteiger charge is 2.19. The molecule has 66 heavy (non-hydrogen) atoms. The summed E-state index contributed by atoms with van der Waals surface area (Å²) in [6, 6.07) is 0. The molecule has 0 aromatic rings. The molecule has 0 rings (SSSR count). The monoisotopic (exact) mass is 927 g/mol. The first-order valence-electron chi connectivity index (χ1n) is 29.0. The van der Waals surface area contributed by atoms with Gasteiger partial charge in [-0.1, -0.05) is 256 Å². The first-order valence-corrected chi connectivity index (χ1v) is 29.0. The summed E-state index contributed by atoms with van der Waals surface area (Å²) < 4.78 is 16.9. The average Bonchev–Trinajstić information content (AvgIpc) is 3.31. The molecule has 0 heterocycles. The van der Waals surface area contributed by atoms with E-state index in [4.69, 9.17) is 14.2 Å². The summed E-state index contributed by atoms with van der Waals surface area (Å²) in [5, 5.41) is 0. The molecule has 6 nitrogen and oxygen atoms in total. The second-order valence-corrected chi connectivity index (χ2v) is 19.5. The van der Waals surface area contributed by atoms with Crippen LogP contribution in [0.3, 0.4) is 0 Å². The van der Waals surface area contributed by atoms with Crippen LogP contribution in [-0.2, 0) is 28.6 Å². The maximum atomic E-state index is 12.8. The summed E-state index contributed by atoms with van der Waals surface area (Å²) in [6.07, 6.45) is 65.6. The van der Waals surface area contributed by atoms with Gasteiger partial charge >= 0.3 is 17.9 Å². The second-order valence-electron chi connectivity index (χ2n) is 19.5. The minimum atomic E-state index is -0.774. The molecule has 0 aliphatic heterocycles. The van der Waals surface area contributed by atoms with Crippen LogP contribution in [0, 0.1) is 0 Å². The molecule has 386 valence electrons. The van der Waals surface area contributed by atoms with Crippen LogP contribution in [0.4, 0.5) is 0 Å². The quantitative estimate of drug-likeness (QED) is 0.0262. The van der Waals surface area contributed by atoms with Crippen molar-refractivity contribution in [3.8, 4) is 0 Å². The zero-order valence-corrected chi connectivity index (χ0v) is 44.2. The minimum absolute atomic E-state index is 0.0727. The molecule has 0 N–H and O–H groups in total. The van der Waals surface area contributed by atoms with Crippen molar-refractivity contribution in [2.24, 2.45) is 0 Å². The van der Waals surface area contributed by atoms with Gasteiger partial charge in [0.2, 0.25) is 0 Å². The van der Waals surface area contributed by atoms with Gasteiger partial charge in [-0.25, -0.2) is 0 Å². The average molecular weight is 928 g/mol. The lowest BCUT2D eigenvalue weighted by Crippen LogP contribution is -2.30. The molecule has 0 fully saturated rings.